The molecule has 4 N–H and O–H groups in total. The summed E-state index contributed by atoms with van der Waals surface area (Å²) in [6, 6.07) is 49.6. The molecule has 0 aromatic heterocycles. The number of nitrogens with one attached hydrogen (secondary N) is 2. The van der Waals surface area contributed by atoms with Gasteiger partial charge in [-0.15, -0.1) is 0 Å². The Balaban J connectivity index is 1.18. The van der Waals surface area contributed by atoms with Crippen molar-refractivity contribution in [3.05, 3.63) is 157 Å². The van der Waals surface area contributed by atoms with Crippen LogP contribution in [0.5, 0.6) is 5.75 Å². The summed E-state index contributed by atoms with van der Waals surface area (Å²) in [5.74, 6) is -1.70. The molecule has 1 aliphatic heterocycles. The van der Waals surface area contributed by atoms with Crippen molar-refractivity contribution in [1.29, 1.82) is 0 Å². The van der Waals surface area contributed by atoms with E-state index in [9.17, 15) is 0 Å². The molecule has 1 unspecified atom stereocenters. The van der Waals surface area contributed by atoms with Gasteiger partial charge in [-0.2, -0.15) is 0 Å². The van der Waals surface area contributed by atoms with Gasteiger partial charge in [-0.05, 0) is 12.0 Å². The molecule has 0 fully saturated rings. The van der Waals surface area contributed by atoms with E-state index < -0.39 is 5.96 Å². The summed E-state index contributed by atoms with van der Waals surface area (Å²) in [7, 11) is 0. The van der Waals surface area contributed by atoms with Crippen molar-refractivity contribution in [3.8, 4) is 5.75 Å². The number of nitrogens with zero attached hydrogens (tertiary/aromatic N) is 2. The third kappa shape index (κ3) is 6.58. The van der Waals surface area contributed by atoms with Crippen molar-refractivity contribution in [2.75, 3.05) is 19.3 Å². The number of halogens is 1. The molecule has 0 saturated heterocycles. The molecule has 1 heterocycles. The molecule has 1 aliphatic rings. The molecule has 0 aliphatic carbocycles. The molecule has 6 rings (SSSR count). The van der Waals surface area contributed by atoms with Crippen molar-refractivity contribution < 1.29 is 4.74 Å². The van der Waals surface area contributed by atoms with Gasteiger partial charge in [0.25, 0.3) is 0 Å². The summed E-state index contributed by atoms with van der Waals surface area (Å²) in [5, 5.41) is 9.74. The number of guanidine groups is 2. The minimum atomic E-state index is -3.40. The first kappa shape index (κ1) is 30.4. The van der Waals surface area contributed by atoms with Crippen LogP contribution in [0.15, 0.2) is 156 Å². The van der Waals surface area contributed by atoms with Gasteiger partial charge in [0, 0.05) is 0 Å². The van der Waals surface area contributed by atoms with Gasteiger partial charge < -0.3 is 0 Å². The number of aliphatic imine (C=N–C) groups is 2. The van der Waals surface area contributed by atoms with Crippen LogP contribution in [-0.4, -0.2) is 31.2 Å². The van der Waals surface area contributed by atoms with E-state index >= 15 is 0 Å². The molecule has 1 atom stereocenters. The van der Waals surface area contributed by atoms with Crippen molar-refractivity contribution in [1.82, 2.24) is 10.6 Å². The van der Waals surface area contributed by atoms with E-state index in [0.29, 0.717) is 31.2 Å². The Labute approximate surface area is 269 Å². The minimum absolute atomic E-state index is 0.327. The fourth-order valence-electron chi connectivity index (χ4n) is 5.81. The number of nitrogens with two attached hydrogens (primary N) is 1. The van der Waals surface area contributed by atoms with Crippen molar-refractivity contribution >= 4 is 45.0 Å². The summed E-state index contributed by atoms with van der Waals surface area (Å²) in [6.07, 6.45) is 1.12. The molecule has 0 radical (unpaired) electrons. The zero-order chi connectivity index (χ0) is 31.0. The monoisotopic (exact) mass is 633 g/mol. The average molecular weight is 634 g/mol. The SMILES string of the molecule is NC1=NC(c2ccc(OCCP(Cl)(c3ccccc3)(c3ccccc3)c3ccccc3)cc2)NC(=NCCc2ccccc2)N1. The standard InChI is InChI=1S/C37H37ClN5OP/c38-45(32-15-7-2-8-16-32,33-17-9-3-10-18-33,34-19-11-4-12-20-34)28-27-44-31-23-21-30(22-24-31)35-41-36(39)43-37(42-35)40-26-25-29-13-5-1-6-14-29/h1-24,35H,25-28H2,(H4,39,40,41,42,43). The molecule has 0 amide bonds. The van der Waals surface area contributed by atoms with Crippen LogP contribution in [0.1, 0.15) is 17.3 Å². The van der Waals surface area contributed by atoms with Crippen LogP contribution in [0, 0.1) is 0 Å². The van der Waals surface area contributed by atoms with E-state index in [4.69, 9.17) is 21.7 Å². The first-order valence-electron chi connectivity index (χ1n) is 15.1. The van der Waals surface area contributed by atoms with Crippen LogP contribution < -0.4 is 37.0 Å². The van der Waals surface area contributed by atoms with Gasteiger partial charge in [0.15, 0.2) is 0 Å². The zero-order valence-corrected chi connectivity index (χ0v) is 26.6. The van der Waals surface area contributed by atoms with E-state index in [1.165, 1.54) is 5.56 Å². The zero-order valence-electron chi connectivity index (χ0n) is 25.0. The predicted molar refractivity (Wildman–Crippen MR) is 191 cm³/mol. The van der Waals surface area contributed by atoms with Gasteiger partial charge in [-0.25, -0.2) is 0 Å². The number of hydrogen-bond donors (Lipinski definition) is 3. The predicted octanol–water partition coefficient (Wildman–Crippen LogP) is 5.85. The molecule has 0 saturated carbocycles. The number of rotatable bonds is 11. The Bertz CT molecular complexity index is 1650. The number of benzene rings is 5. The second-order valence-electron chi connectivity index (χ2n) is 11.0. The van der Waals surface area contributed by atoms with Gasteiger partial charge in [0.1, 0.15) is 0 Å². The first-order chi connectivity index (χ1) is 22.0. The Hall–Kier alpha value is -4.64. The summed E-state index contributed by atoms with van der Waals surface area (Å²) in [4.78, 5) is 9.21. The molecule has 8 heteroatoms. The molecule has 45 heavy (non-hydrogen) atoms. The van der Waals surface area contributed by atoms with Crippen molar-refractivity contribution in [2.45, 2.75) is 12.6 Å². The molecular formula is C37H37ClN5OP. The molecule has 6 nitrogen and oxygen atoms in total. The maximum absolute atomic E-state index is 8.16. The van der Waals surface area contributed by atoms with Crippen LogP contribution in [0.2, 0.25) is 0 Å². The van der Waals surface area contributed by atoms with Gasteiger partial charge in [-0.3, -0.25) is 0 Å². The van der Waals surface area contributed by atoms with E-state index in [0.717, 1.165) is 33.6 Å². The molecule has 5 aromatic carbocycles. The van der Waals surface area contributed by atoms with E-state index in [-0.39, 0.29) is 6.17 Å². The summed E-state index contributed by atoms with van der Waals surface area (Å²) in [6.45, 7) is 1.07. The number of hydrogen-bond acceptors (Lipinski definition) is 4. The average Bonchev–Trinajstić information content (AvgIpc) is 3.10. The Morgan fingerprint density at radius 1 is 0.711 bits per heavy atom. The Kier molecular flexibility index (Phi) is 9.16. The van der Waals surface area contributed by atoms with E-state index in [1.807, 2.05) is 60.7 Å². The molecule has 228 valence electrons. The van der Waals surface area contributed by atoms with Gasteiger partial charge in [0.2, 0.25) is 0 Å². The molecule has 0 bridgehead atoms. The third-order valence-electron chi connectivity index (χ3n) is 8.16. The summed E-state index contributed by atoms with van der Waals surface area (Å²) in [5.41, 5.74) is 8.31. The fourth-order valence-corrected chi connectivity index (χ4v) is 11.5. The first-order valence-corrected chi connectivity index (χ1v) is 18.4. The van der Waals surface area contributed by atoms with E-state index in [1.54, 1.807) is 0 Å². The second kappa shape index (κ2) is 13.6. The molecule has 0 spiro atoms. The third-order valence-corrected chi connectivity index (χ3v) is 15.6. The normalized spacial score (nSPS) is 16.5. The second-order valence-corrected chi connectivity index (χ2v) is 17.6. The van der Waals surface area contributed by atoms with Gasteiger partial charge in [0.05, 0.1) is 0 Å². The Morgan fingerprint density at radius 2 is 1.22 bits per heavy atom. The Morgan fingerprint density at radius 3 is 1.76 bits per heavy atom. The maximum atomic E-state index is 8.16. The molecular weight excluding hydrogens is 597 g/mol. The van der Waals surface area contributed by atoms with Crippen LogP contribution in [-0.2, 0) is 6.42 Å². The van der Waals surface area contributed by atoms with Crippen molar-refractivity contribution in [2.24, 2.45) is 15.7 Å². The van der Waals surface area contributed by atoms with Crippen LogP contribution in [0.4, 0.5) is 0 Å². The topological polar surface area (TPSA) is 84.0 Å². The number of ether oxygens (including phenoxy) is 1. The summed E-state index contributed by atoms with van der Waals surface area (Å²) >= 11 is 8.16. The summed E-state index contributed by atoms with van der Waals surface area (Å²) < 4.78 is 6.40. The van der Waals surface area contributed by atoms with Gasteiger partial charge in [-0.1, -0.05) is 30.3 Å². The van der Waals surface area contributed by atoms with Crippen LogP contribution in [0.25, 0.3) is 0 Å². The van der Waals surface area contributed by atoms with E-state index in [2.05, 4.69) is 106 Å². The molecule has 5 aromatic rings. The quantitative estimate of drug-likeness (QED) is 0.159. The van der Waals surface area contributed by atoms with Crippen molar-refractivity contribution in [3.63, 3.8) is 0 Å². The fraction of sp³-hybridized carbons (Fsp3) is 0.135. The van der Waals surface area contributed by atoms with Crippen LogP contribution >= 0.6 is 17.2 Å². The van der Waals surface area contributed by atoms with Crippen LogP contribution in [0.3, 0.4) is 0 Å². The van der Waals surface area contributed by atoms with Gasteiger partial charge >= 0.3 is 228 Å².